The monoisotopic (exact) mass is 539 g/mol. The summed E-state index contributed by atoms with van der Waals surface area (Å²) in [5, 5.41) is 24.1. The number of aliphatic hydroxyl groups excluding tert-OH is 1. The van der Waals surface area contributed by atoms with Gasteiger partial charge in [0.15, 0.2) is 17.5 Å². The van der Waals surface area contributed by atoms with Gasteiger partial charge >= 0.3 is 11.9 Å². The van der Waals surface area contributed by atoms with E-state index in [1.165, 1.54) is 20.1 Å². The summed E-state index contributed by atoms with van der Waals surface area (Å²) in [6.45, 7) is 12.6. The molecule has 0 bridgehead atoms. The molecule has 1 saturated heterocycles. The van der Waals surface area contributed by atoms with E-state index in [4.69, 9.17) is 18.9 Å². The van der Waals surface area contributed by atoms with E-state index < -0.39 is 69.6 Å². The van der Waals surface area contributed by atoms with Crippen molar-refractivity contribution < 1.29 is 43.5 Å². The predicted octanol–water partition coefficient (Wildman–Crippen LogP) is 1.65. The molecule has 2 N–H and O–H groups in total. The van der Waals surface area contributed by atoms with Crippen LogP contribution in [0.4, 0.5) is 0 Å². The molecule has 0 amide bonds. The highest BCUT2D eigenvalue weighted by atomic mass is 16.6. The molecule has 2 saturated carbocycles. The zero-order valence-electron chi connectivity index (χ0n) is 24.0. The molecule has 3 fully saturated rings. The lowest BCUT2D eigenvalue weighted by atomic mass is 9.39. The van der Waals surface area contributed by atoms with Crippen LogP contribution in [0.15, 0.2) is 12.7 Å². The normalized spacial score (nSPS) is 42.1. The molecule has 0 aromatic heterocycles. The van der Waals surface area contributed by atoms with E-state index in [0.717, 1.165) is 0 Å². The van der Waals surface area contributed by atoms with Crippen LogP contribution in [0.25, 0.3) is 0 Å². The summed E-state index contributed by atoms with van der Waals surface area (Å²) in [5.74, 6) is -2.62. The van der Waals surface area contributed by atoms with Gasteiger partial charge in [-0.05, 0) is 46.2 Å². The molecule has 38 heavy (non-hydrogen) atoms. The van der Waals surface area contributed by atoms with E-state index in [1.54, 1.807) is 13.8 Å². The summed E-state index contributed by atoms with van der Waals surface area (Å²) in [6.07, 6.45) is -1.49. The zero-order valence-corrected chi connectivity index (χ0v) is 24.0. The average Bonchev–Trinajstić information content (AvgIpc) is 2.80. The quantitative estimate of drug-likeness (QED) is 0.347. The molecule has 3 aliphatic rings. The molecule has 3 rings (SSSR count). The van der Waals surface area contributed by atoms with Gasteiger partial charge < -0.3 is 34.1 Å². The summed E-state index contributed by atoms with van der Waals surface area (Å²) in [4.78, 5) is 41.9. The third kappa shape index (κ3) is 4.62. The van der Waals surface area contributed by atoms with E-state index in [1.807, 2.05) is 32.8 Å². The van der Waals surface area contributed by atoms with E-state index in [0.29, 0.717) is 19.4 Å². The molecule has 0 spiro atoms. The van der Waals surface area contributed by atoms with Crippen LogP contribution in [-0.2, 0) is 33.3 Å². The number of ketones is 1. The summed E-state index contributed by atoms with van der Waals surface area (Å²) in [5.41, 5.74) is -7.51. The van der Waals surface area contributed by atoms with Crippen molar-refractivity contribution in [1.82, 2.24) is 4.90 Å². The van der Waals surface area contributed by atoms with Gasteiger partial charge in [0.2, 0.25) is 0 Å². The minimum absolute atomic E-state index is 0.0252. The fourth-order valence-corrected chi connectivity index (χ4v) is 7.38. The smallest absolute Gasteiger partial charge is 0.332 e. The van der Waals surface area contributed by atoms with Gasteiger partial charge in [-0.25, -0.2) is 4.79 Å². The second-order valence-electron chi connectivity index (χ2n) is 12.7. The van der Waals surface area contributed by atoms with Crippen molar-refractivity contribution in [3.63, 3.8) is 0 Å². The Hall–Kier alpha value is -1.85. The third-order valence-corrected chi connectivity index (χ3v) is 9.25. The van der Waals surface area contributed by atoms with Gasteiger partial charge in [0, 0.05) is 31.4 Å². The number of rotatable bonds is 8. The minimum atomic E-state index is -2.28. The van der Waals surface area contributed by atoms with E-state index in [9.17, 15) is 24.6 Å². The van der Waals surface area contributed by atoms with Crippen molar-refractivity contribution >= 4 is 17.7 Å². The van der Waals surface area contributed by atoms with Gasteiger partial charge in [0.1, 0.15) is 18.3 Å². The maximum atomic E-state index is 14.1. The van der Waals surface area contributed by atoms with E-state index in [-0.39, 0.29) is 19.4 Å². The maximum Gasteiger partial charge on any atom is 0.332 e. The van der Waals surface area contributed by atoms with Gasteiger partial charge in [0.25, 0.3) is 0 Å². The van der Waals surface area contributed by atoms with Gasteiger partial charge in [-0.15, -0.1) is 6.58 Å². The molecular formula is C28H45NO9. The van der Waals surface area contributed by atoms with Crippen LogP contribution in [0.3, 0.4) is 0 Å². The van der Waals surface area contributed by atoms with Crippen molar-refractivity contribution in [2.45, 2.75) is 95.4 Å². The Morgan fingerprint density at radius 3 is 2.34 bits per heavy atom. The number of hydrogen-bond donors (Lipinski definition) is 2. The number of carbonyl (C=O) groups is 3. The molecule has 0 aromatic carbocycles. The summed E-state index contributed by atoms with van der Waals surface area (Å²) >= 11 is 0. The number of fused-ring (bicyclic) bond motifs is 3. The fraction of sp³-hybridized carbons (Fsp3) is 0.821. The lowest BCUT2D eigenvalue weighted by Crippen LogP contribution is -2.87. The highest BCUT2D eigenvalue weighted by Crippen LogP contribution is 2.67. The molecule has 0 aromatic rings. The number of nitrogens with zero attached hydrogens (tertiary/aromatic N) is 1. The van der Waals surface area contributed by atoms with Crippen molar-refractivity contribution in [3.8, 4) is 0 Å². The molecular weight excluding hydrogens is 494 g/mol. The lowest BCUT2D eigenvalue weighted by Gasteiger charge is -2.71. The first kappa shape index (κ1) is 30.7. The summed E-state index contributed by atoms with van der Waals surface area (Å²) in [6, 6.07) is 0. The standard InChI is InChI=1S/C28H45NO9/c1-10-25(4)15-18(31)28(34)26(5)17(30)11-13-24(2,3)22(26)21(36-20(33)16-35-9)23(27(28,6)38-25)37-19(32)12-14-29(7)8/h10,17,21-23,30,34H,1,11-16H2,2-9H3/t17-,21-,22-,23-,25-,26-,27+,28-/m0/s1. The topological polar surface area (TPSA) is 132 Å². The number of esters is 2. The number of ether oxygens (including phenoxy) is 4. The molecule has 1 heterocycles. The highest BCUT2D eigenvalue weighted by Gasteiger charge is 2.82. The zero-order chi connectivity index (χ0) is 28.9. The largest absolute Gasteiger partial charge is 0.456 e. The molecule has 0 radical (unpaired) electrons. The minimum Gasteiger partial charge on any atom is -0.456 e. The second-order valence-corrected chi connectivity index (χ2v) is 12.7. The summed E-state index contributed by atoms with van der Waals surface area (Å²) in [7, 11) is 5.00. The Morgan fingerprint density at radius 2 is 1.79 bits per heavy atom. The number of methoxy groups -OCH3 is 1. The van der Waals surface area contributed by atoms with Crippen LogP contribution in [0.2, 0.25) is 0 Å². The van der Waals surface area contributed by atoms with Crippen LogP contribution in [0, 0.1) is 16.7 Å². The Labute approximate surface area is 225 Å². The Balaban J connectivity index is 2.30. The molecule has 0 unspecified atom stereocenters. The van der Waals surface area contributed by atoms with Crippen LogP contribution in [0.5, 0.6) is 0 Å². The van der Waals surface area contributed by atoms with E-state index in [2.05, 4.69) is 6.58 Å². The molecule has 8 atom stereocenters. The first-order valence-electron chi connectivity index (χ1n) is 13.2. The van der Waals surface area contributed by atoms with Crippen molar-refractivity contribution in [2.24, 2.45) is 16.7 Å². The molecule has 216 valence electrons. The van der Waals surface area contributed by atoms with Crippen LogP contribution in [0.1, 0.15) is 60.3 Å². The van der Waals surface area contributed by atoms with Crippen LogP contribution in [-0.4, -0.2) is 102 Å². The SMILES string of the molecule is C=C[C@@]1(C)CC(=O)[C@]2(O)[C@@]3(C)[C@@H](O)CCC(C)(C)[C@@H]3[C@H](OC(=O)COC)[C@H](OC(=O)CCN(C)C)[C@@]2(C)O1. The first-order valence-corrected chi connectivity index (χ1v) is 13.2. The Bertz CT molecular complexity index is 966. The molecule has 1 aliphatic heterocycles. The van der Waals surface area contributed by atoms with Gasteiger partial charge in [0.05, 0.1) is 18.1 Å². The molecule has 10 heteroatoms. The Kier molecular flexibility index (Phi) is 8.30. The fourth-order valence-electron chi connectivity index (χ4n) is 7.38. The van der Waals surface area contributed by atoms with Crippen molar-refractivity contribution in [3.05, 3.63) is 12.7 Å². The van der Waals surface area contributed by atoms with Crippen LogP contribution < -0.4 is 0 Å². The average molecular weight is 540 g/mol. The van der Waals surface area contributed by atoms with E-state index >= 15 is 0 Å². The number of carbonyl (C=O) groups excluding carboxylic acids is 3. The molecule has 2 aliphatic carbocycles. The lowest BCUT2D eigenvalue weighted by molar-refractivity contribution is -0.371. The predicted molar refractivity (Wildman–Crippen MR) is 138 cm³/mol. The summed E-state index contributed by atoms with van der Waals surface area (Å²) < 4.78 is 23.6. The van der Waals surface area contributed by atoms with Crippen LogP contribution >= 0.6 is 0 Å². The third-order valence-electron chi connectivity index (χ3n) is 9.25. The van der Waals surface area contributed by atoms with Crippen molar-refractivity contribution in [2.75, 3.05) is 34.4 Å². The second kappa shape index (κ2) is 10.3. The Morgan fingerprint density at radius 1 is 1.16 bits per heavy atom. The van der Waals surface area contributed by atoms with Gasteiger partial charge in [-0.2, -0.15) is 0 Å². The van der Waals surface area contributed by atoms with Gasteiger partial charge in [-0.1, -0.05) is 26.8 Å². The first-order chi connectivity index (χ1) is 17.4. The number of aliphatic hydroxyl groups is 2. The number of hydrogen-bond acceptors (Lipinski definition) is 10. The highest BCUT2D eigenvalue weighted by molar-refractivity contribution is 5.92. The van der Waals surface area contributed by atoms with Gasteiger partial charge in [-0.3, -0.25) is 9.59 Å². The molecule has 10 nitrogen and oxygen atoms in total. The van der Waals surface area contributed by atoms with Crippen molar-refractivity contribution in [1.29, 1.82) is 0 Å². The maximum absolute atomic E-state index is 14.1. The number of Topliss-reactive ketones (excluding diaryl/α,β-unsaturated/α-hetero) is 1.